The largest absolute Gasteiger partial charge is 0.506 e. The Labute approximate surface area is 544 Å². The molecule has 5 aromatic rings. The van der Waals surface area contributed by atoms with Crippen molar-refractivity contribution in [1.29, 1.82) is 5.26 Å². The molecular formula is C69H89N11O10S2. The second kappa shape index (κ2) is 29.7. The summed E-state index contributed by atoms with van der Waals surface area (Å²) < 4.78 is 44.9. The number of thiocyanates is 1. The molecular weight excluding hydrogens is 1210 g/mol. The summed E-state index contributed by atoms with van der Waals surface area (Å²) in [4.78, 5) is 65.1. The molecule has 21 nitrogen and oxygen atoms in total. The summed E-state index contributed by atoms with van der Waals surface area (Å²) in [7, 11) is -3.85. The van der Waals surface area contributed by atoms with Crippen LogP contribution in [0.3, 0.4) is 0 Å². The number of hydrogen-bond donors (Lipinski definition) is 4. The van der Waals surface area contributed by atoms with E-state index in [1.54, 1.807) is 0 Å². The van der Waals surface area contributed by atoms with Crippen LogP contribution in [-0.2, 0) is 57.9 Å². The first-order chi connectivity index (χ1) is 44.2. The highest BCUT2D eigenvalue weighted by atomic mass is 32.2. The number of nitrogens with one attached hydrogen (secondary N) is 3. The van der Waals surface area contributed by atoms with Crippen molar-refractivity contribution in [2.45, 2.75) is 124 Å². The average Bonchev–Trinajstić information content (AvgIpc) is 1.51. The Morgan fingerprint density at radius 1 is 0.815 bits per heavy atom. The van der Waals surface area contributed by atoms with Gasteiger partial charge in [0.15, 0.2) is 10.5 Å². The highest BCUT2D eigenvalue weighted by Crippen LogP contribution is 2.81. The third-order valence-corrected chi connectivity index (χ3v) is 21.5. The van der Waals surface area contributed by atoms with Crippen molar-refractivity contribution in [2.75, 3.05) is 101 Å². The molecule has 4 N–H and O–H groups in total. The standard InChI is InChI=1S/C69H89N11O10S2/c1-49(23-31-79-61(83)21-22-62(79)84)71-27-34-89-36-38-90-37-35-88-33-10-6-7-18-60(82)72-26-13-29-77(32-39-92(86,87)48-70)28-12-25-69-44-66(4)42-67(69,5)45-68(43-66,46-69)47-80-50(2)55(40-73-80)53-19-20-59(75-63(53)51(3)81)78-30-24-52-14-11-15-54(56(52)41-78)64(85)76-65-74-57-16-8-9-17-58(57)91-65/h8-9,11,14-17,19-22,40,71,81H,1,3,6-7,10,12-13,18,23-39,41-47H2,2,4-5H3,(H,72,82)(H,74,76,85). The first-order valence-corrected chi connectivity index (χ1v) is 34.9. The zero-order valence-electron chi connectivity index (χ0n) is 53.6. The van der Waals surface area contributed by atoms with Gasteiger partial charge in [0.25, 0.3) is 17.7 Å². The minimum Gasteiger partial charge on any atom is -0.506 e. The molecule has 0 spiro atoms. The Bertz CT molecular complexity index is 3680. The summed E-state index contributed by atoms with van der Waals surface area (Å²) in [6, 6.07) is 17.7. The Kier molecular flexibility index (Phi) is 21.8. The fourth-order valence-electron chi connectivity index (χ4n) is 15.9. The molecule has 2 aromatic carbocycles. The van der Waals surface area contributed by atoms with Crippen LogP contribution in [0.15, 0.2) is 91.8 Å². The molecule has 23 heteroatoms. The maximum atomic E-state index is 13.8. The van der Waals surface area contributed by atoms with E-state index < -0.39 is 9.84 Å². The van der Waals surface area contributed by atoms with Gasteiger partial charge in [-0.05, 0) is 154 Å². The van der Waals surface area contributed by atoms with Gasteiger partial charge in [0.1, 0.15) is 17.3 Å². The smallest absolute Gasteiger partial charge is 0.257 e. The monoisotopic (exact) mass is 1300 g/mol. The van der Waals surface area contributed by atoms with Crippen molar-refractivity contribution in [2.24, 2.45) is 21.7 Å². The van der Waals surface area contributed by atoms with Gasteiger partial charge in [0, 0.05) is 105 Å². The van der Waals surface area contributed by atoms with E-state index >= 15 is 0 Å². The number of nitriles is 1. The Morgan fingerprint density at radius 3 is 2.35 bits per heavy atom. The number of amides is 4. The number of aliphatic hydroxyl groups excluding tert-OH is 1. The van der Waals surface area contributed by atoms with Crippen LogP contribution in [0, 0.1) is 39.2 Å². The summed E-state index contributed by atoms with van der Waals surface area (Å²) in [5.74, 6) is -0.514. The molecule has 0 radical (unpaired) electrons. The summed E-state index contributed by atoms with van der Waals surface area (Å²) in [6.07, 6.45) is 16.7. The maximum absolute atomic E-state index is 13.8. The summed E-state index contributed by atoms with van der Waals surface area (Å²) in [5, 5.41) is 36.8. The number of aliphatic hydroxyl groups is 1. The van der Waals surface area contributed by atoms with Crippen LogP contribution >= 0.6 is 11.3 Å². The zero-order chi connectivity index (χ0) is 65.1. The predicted octanol–water partition coefficient (Wildman–Crippen LogP) is 9.70. The number of rotatable bonds is 37. The zero-order valence-corrected chi connectivity index (χ0v) is 55.2. The van der Waals surface area contributed by atoms with E-state index in [1.807, 2.05) is 54.7 Å². The summed E-state index contributed by atoms with van der Waals surface area (Å²) >= 11 is 1.45. The number of hydrogen-bond acceptors (Lipinski definition) is 18. The lowest BCUT2D eigenvalue weighted by atomic mass is 9.59. The minimum atomic E-state index is -3.85. The van der Waals surface area contributed by atoms with Gasteiger partial charge in [-0.2, -0.15) is 10.4 Å². The summed E-state index contributed by atoms with van der Waals surface area (Å²) in [5.41, 5.74) is 7.72. The van der Waals surface area contributed by atoms with Gasteiger partial charge >= 0.3 is 0 Å². The van der Waals surface area contributed by atoms with Crippen LogP contribution in [0.4, 0.5) is 10.9 Å². The van der Waals surface area contributed by atoms with Crippen LogP contribution in [-0.4, -0.2) is 158 Å². The minimum absolute atomic E-state index is 0.0104. The Morgan fingerprint density at radius 2 is 1.58 bits per heavy atom. The van der Waals surface area contributed by atoms with Crippen molar-refractivity contribution in [3.8, 4) is 16.5 Å². The molecule has 6 aliphatic rings. The lowest BCUT2D eigenvalue weighted by Crippen LogP contribution is -2.39. The number of unbranched alkanes of at least 4 members (excludes halogenated alkanes) is 2. The van der Waals surface area contributed by atoms with Gasteiger partial charge in [-0.25, -0.2) is 18.4 Å². The topological polar surface area (TPSA) is 264 Å². The van der Waals surface area contributed by atoms with Crippen molar-refractivity contribution in [3.63, 3.8) is 0 Å². The second-order valence-electron chi connectivity index (χ2n) is 26.6. The van der Waals surface area contributed by atoms with E-state index in [1.165, 1.54) is 40.2 Å². The number of benzene rings is 2. The third-order valence-electron chi connectivity index (χ3n) is 19.5. The molecule has 11 rings (SSSR count). The summed E-state index contributed by atoms with van der Waals surface area (Å²) in [6.45, 7) is 22.6. The van der Waals surface area contributed by atoms with Crippen molar-refractivity contribution in [3.05, 3.63) is 120 Å². The van der Waals surface area contributed by atoms with Crippen molar-refractivity contribution < 1.29 is 46.9 Å². The van der Waals surface area contributed by atoms with Gasteiger partial charge in [0.2, 0.25) is 15.7 Å². The molecule has 492 valence electrons. The molecule has 92 heavy (non-hydrogen) atoms. The number of anilines is 2. The molecule has 4 saturated carbocycles. The van der Waals surface area contributed by atoms with E-state index in [2.05, 4.69) is 75.4 Å². The number of para-hydroxylation sites is 1. The van der Waals surface area contributed by atoms with Gasteiger partial charge < -0.3 is 39.8 Å². The Balaban J connectivity index is 0.648. The number of thiazole rings is 1. The number of pyridine rings is 1. The Hall–Kier alpha value is -7.33. The van der Waals surface area contributed by atoms with Crippen LogP contribution in [0.25, 0.3) is 27.1 Å². The van der Waals surface area contributed by atoms with Gasteiger partial charge in [-0.15, -0.1) is 0 Å². The lowest BCUT2D eigenvalue weighted by Gasteiger charge is -2.47. The van der Waals surface area contributed by atoms with E-state index in [4.69, 9.17) is 24.3 Å². The molecule has 4 fully saturated rings. The average molecular weight is 1300 g/mol. The van der Waals surface area contributed by atoms with Crippen molar-refractivity contribution >= 4 is 71.7 Å². The number of sulfone groups is 1. The molecule has 5 heterocycles. The highest BCUT2D eigenvalue weighted by molar-refractivity contribution is 7.95. The maximum Gasteiger partial charge on any atom is 0.257 e. The number of ether oxygens (including phenoxy) is 3. The first-order valence-electron chi connectivity index (χ1n) is 32.4. The molecule has 2 aliphatic heterocycles. The lowest BCUT2D eigenvalue weighted by molar-refractivity contribution is -0.136. The molecule has 4 aliphatic carbocycles. The van der Waals surface area contributed by atoms with Gasteiger partial charge in [0.05, 0.1) is 55.2 Å². The van der Waals surface area contributed by atoms with Gasteiger partial charge in [-0.3, -0.25) is 34.1 Å². The van der Waals surface area contributed by atoms with Crippen LogP contribution in [0.2, 0.25) is 0 Å². The number of carbonyl (C=O) groups is 4. The molecule has 4 unspecified atom stereocenters. The van der Waals surface area contributed by atoms with Crippen LogP contribution in [0.5, 0.6) is 0 Å². The quantitative estimate of drug-likeness (QED) is 0.00947. The molecule has 4 bridgehead atoms. The third kappa shape index (κ3) is 16.3. The number of aromatic nitrogens is 4. The second-order valence-corrected chi connectivity index (χ2v) is 29.4. The fourth-order valence-corrected chi connectivity index (χ4v) is 17.3. The molecule has 4 atom stereocenters. The van der Waals surface area contributed by atoms with E-state index in [0.717, 1.165) is 115 Å². The number of imide groups is 1. The van der Waals surface area contributed by atoms with Crippen LogP contribution in [0.1, 0.15) is 130 Å². The SMILES string of the molecule is C=C(CCN1C(=O)C=CC1=O)NCCOCCOCCOCCCCCC(=O)NCCCN(CCCC12CC3(C)CC(Cn4ncc(-c5ccc(N6CCc7cccc(C(=O)Nc8nc9ccccc9s8)c7C6)nc5C(=C)O)c4C)(CC1(C)C3)C2)CCS(=O)(=O)C#N. The number of carbonyl (C=O) groups excluding carboxylic acids is 4. The van der Waals surface area contributed by atoms with E-state index in [9.17, 15) is 38.0 Å². The van der Waals surface area contributed by atoms with Crippen LogP contribution < -0.4 is 20.9 Å². The number of nitrogens with zero attached hydrogens (tertiary/aromatic N) is 8. The predicted molar refractivity (Wildman–Crippen MR) is 356 cm³/mol. The number of fused-ring (bicyclic) bond motifs is 2. The van der Waals surface area contributed by atoms with Gasteiger partial charge in [-0.1, -0.05) is 69.0 Å². The van der Waals surface area contributed by atoms with Crippen molar-refractivity contribution in [1.82, 2.24) is 40.2 Å². The normalized spacial score (nSPS) is 21.4. The first kappa shape index (κ1) is 67.6. The van der Waals surface area contributed by atoms with E-state index in [0.29, 0.717) is 120 Å². The van der Waals surface area contributed by atoms with E-state index in [-0.39, 0.29) is 69.9 Å². The highest BCUT2D eigenvalue weighted by Gasteiger charge is 2.72. The fraction of sp³-hybridized carbons (Fsp3) is 0.536. The molecule has 4 amide bonds. The molecule has 3 aromatic heterocycles. The molecule has 0 saturated heterocycles.